The first-order valence-corrected chi connectivity index (χ1v) is 7.02. The molecule has 1 N–H and O–H groups in total. The Kier molecular flexibility index (Phi) is 4.34. The third-order valence-corrected chi connectivity index (χ3v) is 3.28. The number of nitriles is 1. The minimum atomic E-state index is -0.720. The second-order valence-electron chi connectivity index (χ2n) is 4.85. The predicted molar refractivity (Wildman–Crippen MR) is 85.7 cm³/mol. The van der Waals surface area contributed by atoms with Crippen molar-refractivity contribution in [3.05, 3.63) is 77.7 Å². The molecule has 3 aromatic rings. The molecule has 1 heterocycles. The van der Waals surface area contributed by atoms with E-state index in [-0.39, 0.29) is 17.0 Å². The van der Waals surface area contributed by atoms with Gasteiger partial charge in [0.15, 0.2) is 5.76 Å². The van der Waals surface area contributed by atoms with Crippen LogP contribution >= 0.6 is 0 Å². The molecule has 0 atom stereocenters. The molecule has 0 spiro atoms. The first-order chi connectivity index (χ1) is 11.7. The Balaban J connectivity index is 1.83. The van der Waals surface area contributed by atoms with Crippen LogP contribution in [0, 0.1) is 23.0 Å². The maximum Gasteiger partial charge on any atom is 0.179 e. The van der Waals surface area contributed by atoms with Crippen LogP contribution in [-0.4, -0.2) is 5.16 Å². The summed E-state index contributed by atoms with van der Waals surface area (Å²) in [5.74, 6) is -1.13. The maximum atomic E-state index is 13.5. The molecule has 0 aliphatic heterocycles. The lowest BCUT2D eigenvalue weighted by molar-refractivity contribution is 0.415. The number of rotatable bonds is 4. The van der Waals surface area contributed by atoms with Gasteiger partial charge in [0, 0.05) is 23.9 Å². The number of nitrogens with one attached hydrogen (secondary N) is 1. The van der Waals surface area contributed by atoms with Crippen molar-refractivity contribution in [3.8, 4) is 17.3 Å². The molecule has 3 rings (SSSR count). The molecule has 24 heavy (non-hydrogen) atoms. The Morgan fingerprint density at radius 3 is 2.62 bits per heavy atom. The topological polar surface area (TPSA) is 61.9 Å². The highest BCUT2D eigenvalue weighted by Crippen LogP contribution is 2.25. The van der Waals surface area contributed by atoms with Crippen molar-refractivity contribution >= 4 is 11.8 Å². The zero-order valence-corrected chi connectivity index (χ0v) is 12.3. The summed E-state index contributed by atoms with van der Waals surface area (Å²) < 4.78 is 31.6. The van der Waals surface area contributed by atoms with E-state index in [2.05, 4.69) is 16.5 Å². The van der Waals surface area contributed by atoms with E-state index >= 15 is 0 Å². The second-order valence-corrected chi connectivity index (χ2v) is 4.85. The van der Waals surface area contributed by atoms with Crippen LogP contribution < -0.4 is 5.32 Å². The van der Waals surface area contributed by atoms with E-state index < -0.39 is 11.6 Å². The summed E-state index contributed by atoms with van der Waals surface area (Å²) in [6.07, 6.45) is 2.85. The van der Waals surface area contributed by atoms with Gasteiger partial charge < -0.3 is 9.84 Å². The molecule has 4 nitrogen and oxygen atoms in total. The van der Waals surface area contributed by atoms with E-state index in [0.29, 0.717) is 5.69 Å². The van der Waals surface area contributed by atoms with E-state index in [9.17, 15) is 14.0 Å². The van der Waals surface area contributed by atoms with Crippen molar-refractivity contribution in [2.24, 2.45) is 0 Å². The highest BCUT2D eigenvalue weighted by Gasteiger charge is 2.15. The van der Waals surface area contributed by atoms with Crippen LogP contribution in [0.5, 0.6) is 0 Å². The molecule has 0 bridgehead atoms. The molecule has 0 aliphatic carbocycles. The van der Waals surface area contributed by atoms with E-state index in [1.54, 1.807) is 0 Å². The molecule has 1 aromatic heterocycles. The van der Waals surface area contributed by atoms with Crippen molar-refractivity contribution in [2.45, 2.75) is 0 Å². The molecule has 0 fully saturated rings. The van der Waals surface area contributed by atoms with Crippen LogP contribution in [0.1, 0.15) is 11.3 Å². The summed E-state index contributed by atoms with van der Waals surface area (Å²) in [5, 5.41) is 15.9. The van der Waals surface area contributed by atoms with Gasteiger partial charge in [-0.2, -0.15) is 5.26 Å². The lowest BCUT2D eigenvalue weighted by atomic mass is 10.1. The minimum absolute atomic E-state index is 0.106. The highest BCUT2D eigenvalue weighted by molar-refractivity contribution is 5.71. The van der Waals surface area contributed by atoms with Gasteiger partial charge in [0.2, 0.25) is 0 Å². The summed E-state index contributed by atoms with van der Waals surface area (Å²) in [7, 11) is 0. The average Bonchev–Trinajstić information content (AvgIpc) is 3.00. The molecule has 0 saturated carbocycles. The van der Waals surface area contributed by atoms with Gasteiger partial charge in [-0.25, -0.2) is 8.78 Å². The first-order valence-electron chi connectivity index (χ1n) is 7.02. The lowest BCUT2D eigenvalue weighted by Gasteiger charge is -2.01. The van der Waals surface area contributed by atoms with E-state index in [0.717, 1.165) is 17.7 Å². The Labute approximate surface area is 136 Å². The number of nitrogens with zero attached hydrogens (tertiary/aromatic N) is 2. The largest absolute Gasteiger partial charge is 0.359 e. The van der Waals surface area contributed by atoms with E-state index in [1.807, 2.05) is 30.3 Å². The molecule has 0 saturated heterocycles. The van der Waals surface area contributed by atoms with Gasteiger partial charge in [-0.3, -0.25) is 0 Å². The molecule has 0 amide bonds. The summed E-state index contributed by atoms with van der Waals surface area (Å²) in [5.41, 5.74) is 1.58. The molecular formula is C18H11F2N3O. The summed E-state index contributed by atoms with van der Waals surface area (Å²) in [6.45, 7) is 0. The number of benzene rings is 2. The molecule has 0 unspecified atom stereocenters. The van der Waals surface area contributed by atoms with Gasteiger partial charge in [0.25, 0.3) is 0 Å². The summed E-state index contributed by atoms with van der Waals surface area (Å²) >= 11 is 0. The third-order valence-electron chi connectivity index (χ3n) is 3.28. The molecule has 2 aromatic carbocycles. The third kappa shape index (κ3) is 3.15. The van der Waals surface area contributed by atoms with Crippen LogP contribution in [0.4, 0.5) is 14.5 Å². The molecule has 6 heteroatoms. The molecular weight excluding hydrogens is 312 g/mol. The van der Waals surface area contributed by atoms with Gasteiger partial charge in [0.1, 0.15) is 29.0 Å². The first kappa shape index (κ1) is 15.4. The van der Waals surface area contributed by atoms with E-state index in [1.165, 1.54) is 18.3 Å². The fourth-order valence-corrected chi connectivity index (χ4v) is 2.13. The van der Waals surface area contributed by atoms with Gasteiger partial charge in [-0.15, -0.1) is 0 Å². The van der Waals surface area contributed by atoms with Crippen LogP contribution in [0.15, 0.2) is 59.3 Å². The molecule has 0 radical (unpaired) electrons. The molecule has 0 aliphatic rings. The SMILES string of the molecule is N#Cc1c(-c2ccccc2)noc1/C=C/Nc1ccc(F)cc1F. The Hall–Kier alpha value is -3.46. The van der Waals surface area contributed by atoms with Crippen LogP contribution in [-0.2, 0) is 0 Å². The standard InChI is InChI=1S/C18H11F2N3O/c19-13-6-7-16(15(20)10-13)22-9-8-17-14(11-21)18(23-24-17)12-4-2-1-3-5-12/h1-10,22H/b9-8+. The smallest absolute Gasteiger partial charge is 0.179 e. The van der Waals surface area contributed by atoms with Gasteiger partial charge >= 0.3 is 0 Å². The Bertz CT molecular complexity index is 927. The zero-order valence-electron chi connectivity index (χ0n) is 12.3. The monoisotopic (exact) mass is 323 g/mol. The van der Waals surface area contributed by atoms with Crippen molar-refractivity contribution in [3.63, 3.8) is 0 Å². The second kappa shape index (κ2) is 6.75. The average molecular weight is 323 g/mol. The van der Waals surface area contributed by atoms with Crippen LogP contribution in [0.2, 0.25) is 0 Å². The normalized spacial score (nSPS) is 10.7. The number of hydrogen-bond acceptors (Lipinski definition) is 4. The van der Waals surface area contributed by atoms with Crippen LogP contribution in [0.3, 0.4) is 0 Å². The molecule has 118 valence electrons. The fraction of sp³-hybridized carbons (Fsp3) is 0. The maximum absolute atomic E-state index is 13.5. The van der Waals surface area contributed by atoms with E-state index in [4.69, 9.17) is 4.52 Å². The number of hydrogen-bond donors (Lipinski definition) is 1. The lowest BCUT2D eigenvalue weighted by Crippen LogP contribution is -1.92. The number of anilines is 1. The van der Waals surface area contributed by atoms with Crippen molar-refractivity contribution in [1.82, 2.24) is 5.16 Å². The Morgan fingerprint density at radius 2 is 1.92 bits per heavy atom. The van der Waals surface area contributed by atoms with Gasteiger partial charge in [-0.05, 0) is 12.1 Å². The van der Waals surface area contributed by atoms with Crippen molar-refractivity contribution in [1.29, 1.82) is 5.26 Å². The van der Waals surface area contributed by atoms with Crippen LogP contribution in [0.25, 0.3) is 17.3 Å². The minimum Gasteiger partial charge on any atom is -0.359 e. The summed E-state index contributed by atoms with van der Waals surface area (Å²) in [4.78, 5) is 0. The quantitative estimate of drug-likeness (QED) is 0.763. The summed E-state index contributed by atoms with van der Waals surface area (Å²) in [6, 6.07) is 14.4. The highest BCUT2D eigenvalue weighted by atomic mass is 19.1. The van der Waals surface area contributed by atoms with Gasteiger partial charge in [-0.1, -0.05) is 35.5 Å². The van der Waals surface area contributed by atoms with Gasteiger partial charge in [0.05, 0.1) is 5.69 Å². The van der Waals surface area contributed by atoms with Crippen molar-refractivity contribution in [2.75, 3.05) is 5.32 Å². The Morgan fingerprint density at radius 1 is 1.12 bits per heavy atom. The number of halogens is 2. The number of aromatic nitrogens is 1. The van der Waals surface area contributed by atoms with Crippen molar-refractivity contribution < 1.29 is 13.3 Å². The fourth-order valence-electron chi connectivity index (χ4n) is 2.13. The zero-order chi connectivity index (χ0) is 16.9. The predicted octanol–water partition coefficient (Wildman–Crippen LogP) is 4.57.